The lowest BCUT2D eigenvalue weighted by atomic mass is 10.0. The lowest BCUT2D eigenvalue weighted by Crippen LogP contribution is -2.54. The van der Waals surface area contributed by atoms with E-state index in [1.807, 2.05) is 4.90 Å². The average molecular weight is 354 g/mol. The third kappa shape index (κ3) is 2.31. The fourth-order valence-corrected chi connectivity index (χ4v) is 3.56. The summed E-state index contributed by atoms with van der Waals surface area (Å²) in [5.74, 6) is -2.12. The molecule has 1 N–H and O–H groups in total. The fourth-order valence-electron chi connectivity index (χ4n) is 3.56. The number of hydrogen-bond donors (Lipinski definition) is 1. The van der Waals surface area contributed by atoms with E-state index in [1.54, 1.807) is 18.2 Å². The number of imide groups is 2. The third-order valence-electron chi connectivity index (χ3n) is 4.86. The van der Waals surface area contributed by atoms with Crippen molar-refractivity contribution in [3.05, 3.63) is 39.8 Å². The number of azide groups is 1. The summed E-state index contributed by atoms with van der Waals surface area (Å²) in [4.78, 5) is 54.7. The molecule has 4 amide bonds. The Labute approximate surface area is 147 Å². The zero-order valence-electron chi connectivity index (χ0n) is 13.6. The maximum Gasteiger partial charge on any atom is 0.264 e. The normalized spacial score (nSPS) is 22.7. The van der Waals surface area contributed by atoms with Gasteiger partial charge >= 0.3 is 0 Å². The van der Waals surface area contributed by atoms with Gasteiger partial charge in [-0.1, -0.05) is 11.2 Å². The van der Waals surface area contributed by atoms with Crippen LogP contribution in [0, 0.1) is 0 Å². The predicted molar refractivity (Wildman–Crippen MR) is 88.3 cm³/mol. The number of benzene rings is 1. The van der Waals surface area contributed by atoms with E-state index in [-0.39, 0.29) is 30.0 Å². The molecule has 10 nitrogen and oxygen atoms in total. The van der Waals surface area contributed by atoms with Crippen molar-refractivity contribution in [2.45, 2.75) is 24.9 Å². The third-order valence-corrected chi connectivity index (χ3v) is 4.86. The van der Waals surface area contributed by atoms with Gasteiger partial charge in [0.05, 0.1) is 22.9 Å². The molecule has 1 unspecified atom stereocenters. The van der Waals surface area contributed by atoms with E-state index in [1.165, 1.54) is 0 Å². The number of fused-ring (bicyclic) bond motifs is 1. The van der Waals surface area contributed by atoms with Crippen LogP contribution < -0.4 is 10.2 Å². The Morgan fingerprint density at radius 3 is 2.62 bits per heavy atom. The molecule has 0 aromatic heterocycles. The summed E-state index contributed by atoms with van der Waals surface area (Å²) in [6.45, 7) is 0.917. The van der Waals surface area contributed by atoms with Crippen molar-refractivity contribution >= 4 is 29.3 Å². The molecule has 0 aliphatic carbocycles. The summed E-state index contributed by atoms with van der Waals surface area (Å²) in [5.41, 5.74) is 9.56. The number of rotatable bonds is 3. The zero-order chi connectivity index (χ0) is 18.4. The standard InChI is InChI=1S/C16H14N6O4/c17-20-19-8-6-21(7-8)10-3-1-2-9-13(10)16(26)22(15(9)25)11-4-5-12(23)18-14(11)24/h1-3,8,11H,4-7H2,(H,18,23,24). The number of carbonyl (C=O) groups excluding carboxylic acids is 4. The molecule has 4 rings (SSSR count). The lowest BCUT2D eigenvalue weighted by Gasteiger charge is -2.39. The van der Waals surface area contributed by atoms with Crippen LogP contribution in [-0.2, 0) is 9.59 Å². The van der Waals surface area contributed by atoms with E-state index in [0.717, 1.165) is 4.90 Å². The highest BCUT2D eigenvalue weighted by Gasteiger charge is 2.46. The largest absolute Gasteiger partial charge is 0.370 e. The van der Waals surface area contributed by atoms with Crippen molar-refractivity contribution in [2.75, 3.05) is 18.0 Å². The van der Waals surface area contributed by atoms with E-state index in [4.69, 9.17) is 5.53 Å². The van der Waals surface area contributed by atoms with Crippen LogP contribution in [0.1, 0.15) is 33.6 Å². The number of amides is 4. The summed E-state index contributed by atoms with van der Waals surface area (Å²) < 4.78 is 0. The number of nitrogens with one attached hydrogen (secondary N) is 1. The molecule has 1 aromatic rings. The molecule has 1 atom stereocenters. The van der Waals surface area contributed by atoms with Crippen LogP contribution in [0.5, 0.6) is 0 Å². The summed E-state index contributed by atoms with van der Waals surface area (Å²) in [6.07, 6.45) is 0.199. The minimum absolute atomic E-state index is 0.0800. The van der Waals surface area contributed by atoms with Crippen LogP contribution in [0.4, 0.5) is 5.69 Å². The van der Waals surface area contributed by atoms with Gasteiger partial charge in [0.2, 0.25) is 11.8 Å². The quantitative estimate of drug-likeness (QED) is 0.367. The monoisotopic (exact) mass is 354 g/mol. The maximum atomic E-state index is 12.9. The van der Waals surface area contributed by atoms with E-state index in [9.17, 15) is 19.2 Å². The first-order valence-corrected chi connectivity index (χ1v) is 8.15. The first-order chi connectivity index (χ1) is 12.5. The van der Waals surface area contributed by atoms with Crippen LogP contribution in [0.15, 0.2) is 23.3 Å². The highest BCUT2D eigenvalue weighted by Crippen LogP contribution is 2.36. The summed E-state index contributed by atoms with van der Waals surface area (Å²) in [7, 11) is 0. The maximum absolute atomic E-state index is 12.9. The number of anilines is 1. The van der Waals surface area contributed by atoms with E-state index in [2.05, 4.69) is 15.3 Å². The van der Waals surface area contributed by atoms with Gasteiger partial charge in [0.1, 0.15) is 6.04 Å². The molecule has 3 aliphatic heterocycles. The minimum Gasteiger partial charge on any atom is -0.370 e. The van der Waals surface area contributed by atoms with Crippen molar-refractivity contribution < 1.29 is 19.2 Å². The van der Waals surface area contributed by atoms with Gasteiger partial charge in [-0.15, -0.1) is 0 Å². The first kappa shape index (κ1) is 16.1. The second-order valence-corrected chi connectivity index (χ2v) is 6.41. The summed E-state index contributed by atoms with van der Waals surface area (Å²) in [5, 5.41) is 5.80. The van der Waals surface area contributed by atoms with Gasteiger partial charge in [-0.2, -0.15) is 0 Å². The van der Waals surface area contributed by atoms with Crippen molar-refractivity contribution in [1.82, 2.24) is 10.2 Å². The Balaban J connectivity index is 1.65. The van der Waals surface area contributed by atoms with Crippen molar-refractivity contribution in [1.29, 1.82) is 0 Å². The molecular formula is C16H14N6O4. The predicted octanol–water partition coefficient (Wildman–Crippen LogP) is 0.587. The second kappa shape index (κ2) is 5.85. The van der Waals surface area contributed by atoms with Gasteiger partial charge in [0.15, 0.2) is 0 Å². The summed E-state index contributed by atoms with van der Waals surface area (Å²) in [6, 6.07) is 3.79. The highest BCUT2D eigenvalue weighted by atomic mass is 16.2. The molecule has 3 heterocycles. The summed E-state index contributed by atoms with van der Waals surface area (Å²) >= 11 is 0. The number of piperidine rings is 1. The Kier molecular flexibility index (Phi) is 3.62. The Hall–Kier alpha value is -3.39. The van der Waals surface area contributed by atoms with Crippen LogP contribution >= 0.6 is 0 Å². The minimum atomic E-state index is -0.986. The van der Waals surface area contributed by atoms with Gasteiger partial charge in [-0.05, 0) is 24.1 Å². The average Bonchev–Trinajstić information content (AvgIpc) is 2.83. The Morgan fingerprint density at radius 1 is 1.15 bits per heavy atom. The number of hydrogen-bond acceptors (Lipinski definition) is 6. The van der Waals surface area contributed by atoms with E-state index in [0.29, 0.717) is 18.8 Å². The van der Waals surface area contributed by atoms with Crippen LogP contribution in [-0.4, -0.2) is 53.7 Å². The molecule has 0 spiro atoms. The van der Waals surface area contributed by atoms with Crippen molar-refractivity contribution in [2.24, 2.45) is 5.11 Å². The smallest absolute Gasteiger partial charge is 0.264 e. The molecule has 2 fully saturated rings. The van der Waals surface area contributed by atoms with Crippen LogP contribution in [0.3, 0.4) is 0 Å². The molecule has 3 aliphatic rings. The molecule has 1 aromatic carbocycles. The van der Waals surface area contributed by atoms with Crippen molar-refractivity contribution in [3.63, 3.8) is 0 Å². The molecule has 0 bridgehead atoms. The van der Waals surface area contributed by atoms with E-state index < -0.39 is 29.7 Å². The van der Waals surface area contributed by atoms with Crippen LogP contribution in [0.25, 0.3) is 10.4 Å². The molecule has 132 valence electrons. The van der Waals surface area contributed by atoms with Crippen molar-refractivity contribution in [3.8, 4) is 0 Å². The molecule has 0 saturated carbocycles. The Bertz CT molecular complexity index is 900. The molecular weight excluding hydrogens is 340 g/mol. The van der Waals surface area contributed by atoms with Gasteiger partial charge in [-0.25, -0.2) is 0 Å². The fraction of sp³-hybridized carbons (Fsp3) is 0.375. The zero-order valence-corrected chi connectivity index (χ0v) is 13.6. The Morgan fingerprint density at radius 2 is 1.92 bits per heavy atom. The topological polar surface area (TPSA) is 136 Å². The molecule has 10 heteroatoms. The molecule has 0 radical (unpaired) electrons. The number of carbonyl (C=O) groups is 4. The number of nitrogens with zero attached hydrogens (tertiary/aromatic N) is 5. The van der Waals surface area contributed by atoms with Gasteiger partial charge < -0.3 is 4.90 Å². The second-order valence-electron chi connectivity index (χ2n) is 6.41. The van der Waals surface area contributed by atoms with Gasteiger partial charge in [0.25, 0.3) is 11.8 Å². The van der Waals surface area contributed by atoms with Crippen LogP contribution in [0.2, 0.25) is 0 Å². The molecule has 26 heavy (non-hydrogen) atoms. The first-order valence-electron chi connectivity index (χ1n) is 8.15. The molecule has 2 saturated heterocycles. The van der Waals surface area contributed by atoms with Gasteiger partial charge in [0, 0.05) is 24.4 Å². The SMILES string of the molecule is [N-]=[N+]=NC1CN(c2cccc3c2C(=O)N(C2CCC(=O)NC2=O)C3=O)C1. The van der Waals surface area contributed by atoms with Gasteiger partial charge in [-0.3, -0.25) is 29.4 Å². The van der Waals surface area contributed by atoms with E-state index >= 15 is 0 Å². The highest BCUT2D eigenvalue weighted by molar-refractivity contribution is 6.25. The lowest BCUT2D eigenvalue weighted by molar-refractivity contribution is -0.136.